The molecule has 2 heteroatoms. The summed E-state index contributed by atoms with van der Waals surface area (Å²) in [6, 6.07) is 14.5. The van der Waals surface area contributed by atoms with Gasteiger partial charge in [-0.25, -0.2) is 0 Å². The molecular weight excluding hydrogens is 260 g/mol. The van der Waals surface area contributed by atoms with E-state index >= 15 is 0 Å². The van der Waals surface area contributed by atoms with Crippen LogP contribution in [0, 0.1) is 13.8 Å². The van der Waals surface area contributed by atoms with Gasteiger partial charge in [0, 0.05) is 5.41 Å². The number of ether oxygens (including phenoxy) is 1. The third kappa shape index (κ3) is 2.34. The summed E-state index contributed by atoms with van der Waals surface area (Å²) in [7, 11) is 1.69. The number of methoxy groups -OCH3 is 1. The molecule has 1 aliphatic carbocycles. The Kier molecular flexibility index (Phi) is 3.50. The van der Waals surface area contributed by atoms with E-state index in [1.54, 1.807) is 7.11 Å². The van der Waals surface area contributed by atoms with Crippen LogP contribution in [0.3, 0.4) is 0 Å². The van der Waals surface area contributed by atoms with Crippen LogP contribution in [0.1, 0.15) is 41.2 Å². The third-order valence-corrected chi connectivity index (χ3v) is 4.66. The molecule has 0 radical (unpaired) electrons. The van der Waals surface area contributed by atoms with Gasteiger partial charge in [-0.3, -0.25) is 0 Å². The maximum atomic E-state index is 10.9. The van der Waals surface area contributed by atoms with E-state index in [1.807, 2.05) is 32.0 Å². The Morgan fingerprint density at radius 3 is 2.10 bits per heavy atom. The standard InChI is InChI=1S/C19H22O2/c1-13-11-15(12-14(2)17(13)21-3)18(20)19(9-10-19)16-7-5-4-6-8-16/h4-8,11-12,18,20H,9-10H2,1-3H3. The zero-order chi connectivity index (χ0) is 15.0. The molecule has 3 rings (SSSR count). The molecule has 1 saturated carbocycles. The van der Waals surface area contributed by atoms with Crippen molar-refractivity contribution >= 4 is 0 Å². The maximum absolute atomic E-state index is 10.9. The molecule has 0 heterocycles. The lowest BCUT2D eigenvalue weighted by molar-refractivity contribution is 0.133. The lowest BCUT2D eigenvalue weighted by Gasteiger charge is -2.24. The maximum Gasteiger partial charge on any atom is 0.124 e. The molecule has 1 aliphatic rings. The van der Waals surface area contributed by atoms with Gasteiger partial charge in [-0.05, 0) is 61.1 Å². The molecule has 0 aliphatic heterocycles. The summed E-state index contributed by atoms with van der Waals surface area (Å²) < 4.78 is 5.41. The number of aryl methyl sites for hydroxylation is 2. The Labute approximate surface area is 126 Å². The van der Waals surface area contributed by atoms with Crippen LogP contribution in [-0.4, -0.2) is 12.2 Å². The highest BCUT2D eigenvalue weighted by Crippen LogP contribution is 2.56. The number of hydrogen-bond acceptors (Lipinski definition) is 2. The zero-order valence-corrected chi connectivity index (χ0v) is 12.9. The van der Waals surface area contributed by atoms with Crippen molar-refractivity contribution in [1.82, 2.24) is 0 Å². The highest BCUT2D eigenvalue weighted by molar-refractivity contribution is 5.46. The Bertz CT molecular complexity index is 619. The fourth-order valence-electron chi connectivity index (χ4n) is 3.41. The molecule has 1 fully saturated rings. The molecule has 1 N–H and O–H groups in total. The lowest BCUT2D eigenvalue weighted by Crippen LogP contribution is -2.18. The van der Waals surface area contributed by atoms with Gasteiger partial charge in [0.15, 0.2) is 0 Å². The van der Waals surface area contributed by atoms with E-state index in [2.05, 4.69) is 24.3 Å². The van der Waals surface area contributed by atoms with Gasteiger partial charge in [-0.1, -0.05) is 30.3 Å². The second-order valence-corrected chi connectivity index (χ2v) is 6.11. The van der Waals surface area contributed by atoms with Crippen molar-refractivity contribution in [2.24, 2.45) is 0 Å². The highest BCUT2D eigenvalue weighted by Gasteiger charge is 2.50. The normalized spacial score (nSPS) is 17.3. The molecule has 0 spiro atoms. The van der Waals surface area contributed by atoms with Crippen molar-refractivity contribution in [1.29, 1.82) is 0 Å². The quantitative estimate of drug-likeness (QED) is 0.915. The van der Waals surface area contributed by atoms with Crippen molar-refractivity contribution in [2.75, 3.05) is 7.11 Å². The first-order valence-corrected chi connectivity index (χ1v) is 7.47. The number of aliphatic hydroxyl groups excluding tert-OH is 1. The van der Waals surface area contributed by atoms with E-state index in [4.69, 9.17) is 4.74 Å². The van der Waals surface area contributed by atoms with Crippen LogP contribution in [0.4, 0.5) is 0 Å². The molecule has 2 aromatic rings. The van der Waals surface area contributed by atoms with E-state index in [9.17, 15) is 5.11 Å². The lowest BCUT2D eigenvalue weighted by atomic mass is 9.85. The Hall–Kier alpha value is -1.80. The summed E-state index contributed by atoms with van der Waals surface area (Å²) >= 11 is 0. The predicted octanol–water partition coefficient (Wildman–Crippen LogP) is 4.08. The molecule has 110 valence electrons. The summed E-state index contributed by atoms with van der Waals surface area (Å²) in [6.45, 7) is 4.06. The molecule has 1 atom stereocenters. The summed E-state index contributed by atoms with van der Waals surface area (Å²) in [5.41, 5.74) is 4.29. The Balaban J connectivity index is 1.98. The summed E-state index contributed by atoms with van der Waals surface area (Å²) in [5, 5.41) is 10.9. The largest absolute Gasteiger partial charge is 0.496 e. The second-order valence-electron chi connectivity index (χ2n) is 6.11. The molecular formula is C19H22O2. The van der Waals surface area contributed by atoms with Crippen LogP contribution in [-0.2, 0) is 5.41 Å². The van der Waals surface area contributed by atoms with Gasteiger partial charge < -0.3 is 9.84 Å². The van der Waals surface area contributed by atoms with Crippen molar-refractivity contribution in [3.8, 4) is 5.75 Å². The summed E-state index contributed by atoms with van der Waals surface area (Å²) in [6.07, 6.45) is 1.63. The van der Waals surface area contributed by atoms with E-state index < -0.39 is 6.10 Å². The summed E-state index contributed by atoms with van der Waals surface area (Å²) in [4.78, 5) is 0. The Morgan fingerprint density at radius 1 is 1.05 bits per heavy atom. The van der Waals surface area contributed by atoms with Crippen LogP contribution in [0.25, 0.3) is 0 Å². The van der Waals surface area contributed by atoms with E-state index in [0.29, 0.717) is 0 Å². The van der Waals surface area contributed by atoms with Crippen LogP contribution in [0.2, 0.25) is 0 Å². The fourth-order valence-corrected chi connectivity index (χ4v) is 3.41. The van der Waals surface area contributed by atoms with Gasteiger partial charge in [-0.15, -0.1) is 0 Å². The molecule has 2 nitrogen and oxygen atoms in total. The second kappa shape index (κ2) is 5.19. The number of aliphatic hydroxyl groups is 1. The first-order chi connectivity index (χ1) is 10.1. The summed E-state index contributed by atoms with van der Waals surface area (Å²) in [5.74, 6) is 0.913. The fraction of sp³-hybridized carbons (Fsp3) is 0.368. The highest BCUT2D eigenvalue weighted by atomic mass is 16.5. The van der Waals surface area contributed by atoms with Crippen LogP contribution >= 0.6 is 0 Å². The smallest absolute Gasteiger partial charge is 0.124 e. The molecule has 0 saturated heterocycles. The SMILES string of the molecule is COc1c(C)cc(C(O)C2(c3ccccc3)CC2)cc1C. The minimum atomic E-state index is -0.455. The number of benzene rings is 2. The van der Waals surface area contributed by atoms with Gasteiger partial charge in [0.1, 0.15) is 5.75 Å². The topological polar surface area (TPSA) is 29.5 Å². The van der Waals surface area contributed by atoms with Crippen molar-refractivity contribution in [3.63, 3.8) is 0 Å². The van der Waals surface area contributed by atoms with Gasteiger partial charge in [0.2, 0.25) is 0 Å². The van der Waals surface area contributed by atoms with Gasteiger partial charge >= 0.3 is 0 Å². The van der Waals surface area contributed by atoms with Crippen molar-refractivity contribution < 1.29 is 9.84 Å². The van der Waals surface area contributed by atoms with Crippen molar-refractivity contribution in [2.45, 2.75) is 38.2 Å². The average Bonchev–Trinajstić information content (AvgIpc) is 3.29. The molecule has 21 heavy (non-hydrogen) atoms. The first-order valence-electron chi connectivity index (χ1n) is 7.47. The molecule has 1 unspecified atom stereocenters. The van der Waals surface area contributed by atoms with Crippen LogP contribution in [0.15, 0.2) is 42.5 Å². The van der Waals surface area contributed by atoms with Crippen molar-refractivity contribution in [3.05, 3.63) is 64.7 Å². The number of hydrogen-bond donors (Lipinski definition) is 1. The van der Waals surface area contributed by atoms with Crippen LogP contribution in [0.5, 0.6) is 5.75 Å². The van der Waals surface area contributed by atoms with E-state index in [-0.39, 0.29) is 5.41 Å². The zero-order valence-electron chi connectivity index (χ0n) is 12.9. The number of rotatable bonds is 4. The minimum Gasteiger partial charge on any atom is -0.496 e. The molecule has 0 amide bonds. The monoisotopic (exact) mass is 282 g/mol. The van der Waals surface area contributed by atoms with E-state index in [0.717, 1.165) is 35.3 Å². The van der Waals surface area contributed by atoms with Gasteiger partial charge in [0.25, 0.3) is 0 Å². The molecule has 0 aromatic heterocycles. The first kappa shape index (κ1) is 14.2. The van der Waals surface area contributed by atoms with Gasteiger partial charge in [-0.2, -0.15) is 0 Å². The minimum absolute atomic E-state index is 0.102. The van der Waals surface area contributed by atoms with Crippen LogP contribution < -0.4 is 4.74 Å². The Morgan fingerprint density at radius 2 is 1.62 bits per heavy atom. The molecule has 2 aromatic carbocycles. The average molecular weight is 282 g/mol. The third-order valence-electron chi connectivity index (χ3n) is 4.66. The van der Waals surface area contributed by atoms with Gasteiger partial charge in [0.05, 0.1) is 13.2 Å². The van der Waals surface area contributed by atoms with E-state index in [1.165, 1.54) is 5.56 Å². The predicted molar refractivity (Wildman–Crippen MR) is 84.8 cm³/mol. The molecule has 0 bridgehead atoms.